The number of nitrogens with one attached hydrogen (secondary N) is 2. The van der Waals surface area contributed by atoms with Gasteiger partial charge in [0.25, 0.3) is 0 Å². The van der Waals surface area contributed by atoms with Crippen LogP contribution in [-0.4, -0.2) is 16.8 Å². The van der Waals surface area contributed by atoms with Crippen LogP contribution in [0.2, 0.25) is 0 Å². The van der Waals surface area contributed by atoms with Crippen LogP contribution in [0.1, 0.15) is 19.4 Å². The Kier molecular flexibility index (Phi) is 5.25. The molecule has 2 aromatic rings. The number of aryl methyl sites for hydroxylation is 2. The zero-order chi connectivity index (χ0) is 18.8. The van der Waals surface area contributed by atoms with E-state index in [4.69, 9.17) is 0 Å². The second kappa shape index (κ2) is 7.04. The molecule has 0 saturated heterocycles. The molecule has 0 fully saturated rings. The fourth-order valence-corrected chi connectivity index (χ4v) is 2.71. The normalized spacial score (nSPS) is 13.2. The number of urea groups is 1. The molecule has 4 nitrogen and oxygen atoms in total. The first-order valence-corrected chi connectivity index (χ1v) is 7.68. The summed E-state index contributed by atoms with van der Waals surface area (Å²) in [5.74, 6) is 0. The number of carbonyl (C=O) groups excluding carboxylic acids is 1. The first kappa shape index (κ1) is 18.6. The van der Waals surface area contributed by atoms with Gasteiger partial charge in [-0.15, -0.1) is 0 Å². The van der Waals surface area contributed by atoms with Gasteiger partial charge >= 0.3 is 12.2 Å². The lowest BCUT2D eigenvalue weighted by molar-refractivity contribution is -0.0884. The Morgan fingerprint density at radius 1 is 1.28 bits per heavy atom. The highest BCUT2D eigenvalue weighted by atomic mass is 19.4. The highest BCUT2D eigenvalue weighted by Gasteiger charge is 2.31. The summed E-state index contributed by atoms with van der Waals surface area (Å²) in [5, 5.41) is 6.01. The van der Waals surface area contributed by atoms with Gasteiger partial charge in [0.2, 0.25) is 0 Å². The van der Waals surface area contributed by atoms with Crippen LogP contribution in [0.5, 0.6) is 0 Å². The van der Waals surface area contributed by atoms with Crippen molar-refractivity contribution < 1.29 is 18.0 Å². The summed E-state index contributed by atoms with van der Waals surface area (Å²) in [6, 6.07) is 4.89. The van der Waals surface area contributed by atoms with E-state index in [-0.39, 0.29) is 5.70 Å². The van der Waals surface area contributed by atoms with E-state index >= 15 is 0 Å². The molecule has 0 saturated carbocycles. The lowest BCUT2D eigenvalue weighted by Gasteiger charge is -2.12. The molecule has 0 aliphatic heterocycles. The molecule has 0 aliphatic carbocycles. The first-order valence-electron chi connectivity index (χ1n) is 7.68. The van der Waals surface area contributed by atoms with Gasteiger partial charge in [-0.1, -0.05) is 12.1 Å². The van der Waals surface area contributed by atoms with Crippen molar-refractivity contribution in [1.29, 1.82) is 0 Å². The smallest absolute Gasteiger partial charge is 0.350 e. The summed E-state index contributed by atoms with van der Waals surface area (Å²) in [6.07, 6.45) is -0.660. The molecule has 1 aromatic heterocycles. The van der Waals surface area contributed by atoms with Crippen molar-refractivity contribution in [3.63, 3.8) is 0 Å². The maximum Gasteiger partial charge on any atom is 0.416 e. The number of anilines is 1. The molecule has 7 heteroatoms. The molecule has 0 radical (unpaired) electrons. The number of nitrogens with zero attached hydrogens (tertiary/aromatic N) is 1. The largest absolute Gasteiger partial charge is 0.416 e. The Balaban J connectivity index is 2.19. The van der Waals surface area contributed by atoms with Gasteiger partial charge < -0.3 is 15.2 Å². The van der Waals surface area contributed by atoms with E-state index in [1.165, 1.54) is 13.8 Å². The van der Waals surface area contributed by atoms with Gasteiger partial charge in [-0.05, 0) is 44.5 Å². The number of fused-ring (bicyclic) bond motifs is 1. The summed E-state index contributed by atoms with van der Waals surface area (Å²) in [4.78, 5) is 12.1. The van der Waals surface area contributed by atoms with Crippen molar-refractivity contribution in [2.75, 3.05) is 5.32 Å². The molecule has 25 heavy (non-hydrogen) atoms. The molecule has 2 amide bonds. The van der Waals surface area contributed by atoms with Crippen molar-refractivity contribution in [2.45, 2.75) is 26.9 Å². The van der Waals surface area contributed by atoms with Crippen LogP contribution in [0.4, 0.5) is 23.7 Å². The van der Waals surface area contributed by atoms with Gasteiger partial charge in [0.05, 0.1) is 16.8 Å². The van der Waals surface area contributed by atoms with E-state index in [1.54, 1.807) is 6.07 Å². The summed E-state index contributed by atoms with van der Waals surface area (Å²) >= 11 is 0. The molecule has 1 aromatic carbocycles. The number of alkyl halides is 3. The quantitative estimate of drug-likeness (QED) is 0.749. The number of rotatable bonds is 3. The van der Waals surface area contributed by atoms with Crippen molar-refractivity contribution in [2.24, 2.45) is 7.05 Å². The average molecular weight is 351 g/mol. The summed E-state index contributed by atoms with van der Waals surface area (Å²) < 4.78 is 40.2. The van der Waals surface area contributed by atoms with E-state index in [9.17, 15) is 18.0 Å². The molecule has 134 valence electrons. The lowest BCUT2D eigenvalue weighted by atomic mass is 10.1. The van der Waals surface area contributed by atoms with Crippen molar-refractivity contribution in [1.82, 2.24) is 9.88 Å². The van der Waals surface area contributed by atoms with Crippen LogP contribution in [0.15, 0.2) is 47.8 Å². The van der Waals surface area contributed by atoms with Crippen LogP contribution in [0, 0.1) is 6.92 Å². The van der Waals surface area contributed by atoms with Crippen LogP contribution in [0.3, 0.4) is 0 Å². The van der Waals surface area contributed by atoms with Crippen LogP contribution in [0.25, 0.3) is 10.9 Å². The highest BCUT2D eigenvalue weighted by molar-refractivity contribution is 6.02. The van der Waals surface area contributed by atoms with Gasteiger partial charge in [0.1, 0.15) is 0 Å². The number of halogens is 3. The average Bonchev–Trinajstić information content (AvgIpc) is 2.79. The number of carbonyl (C=O) groups is 1. The molecule has 2 N–H and O–H groups in total. The summed E-state index contributed by atoms with van der Waals surface area (Å²) in [7, 11) is 1.90. The molecule has 1 heterocycles. The fourth-order valence-electron chi connectivity index (χ4n) is 2.71. The van der Waals surface area contributed by atoms with Gasteiger partial charge in [0, 0.05) is 24.3 Å². The third-order valence-electron chi connectivity index (χ3n) is 3.77. The van der Waals surface area contributed by atoms with Gasteiger partial charge in [-0.25, -0.2) is 4.79 Å². The molecule has 2 rings (SSSR count). The lowest BCUT2D eigenvalue weighted by Crippen LogP contribution is -2.27. The first-order chi connectivity index (χ1) is 11.6. The Bertz CT molecular complexity index is 860. The maximum atomic E-state index is 12.7. The maximum absolute atomic E-state index is 12.7. The zero-order valence-electron chi connectivity index (χ0n) is 14.5. The second-order valence-corrected chi connectivity index (χ2v) is 5.77. The van der Waals surface area contributed by atoms with Crippen molar-refractivity contribution in [3.8, 4) is 0 Å². The number of hydrogen-bond acceptors (Lipinski definition) is 1. The minimum absolute atomic E-state index is 0.0971. The molecule has 0 unspecified atom stereocenters. The predicted octanol–water partition coefficient (Wildman–Crippen LogP) is 5.02. The van der Waals surface area contributed by atoms with Crippen molar-refractivity contribution >= 4 is 22.6 Å². The second-order valence-electron chi connectivity index (χ2n) is 5.77. The molecule has 0 bridgehead atoms. The monoisotopic (exact) mass is 351 g/mol. The summed E-state index contributed by atoms with van der Waals surface area (Å²) in [6.45, 7) is 4.63. The minimum Gasteiger partial charge on any atom is -0.350 e. The number of aromatic nitrogens is 1. The van der Waals surface area contributed by atoms with E-state index in [1.807, 2.05) is 36.9 Å². The van der Waals surface area contributed by atoms with Crippen LogP contribution in [-0.2, 0) is 7.05 Å². The Labute approximate surface area is 144 Å². The van der Waals surface area contributed by atoms with E-state index in [0.717, 1.165) is 28.6 Å². The number of amides is 2. The van der Waals surface area contributed by atoms with E-state index in [0.29, 0.717) is 5.69 Å². The Morgan fingerprint density at radius 3 is 2.56 bits per heavy atom. The van der Waals surface area contributed by atoms with Gasteiger partial charge in [-0.2, -0.15) is 13.2 Å². The third kappa shape index (κ3) is 4.23. The molecule has 0 spiro atoms. The molecule has 0 atom stereocenters. The number of allylic oxidation sites excluding steroid dienone is 4. The summed E-state index contributed by atoms with van der Waals surface area (Å²) in [5.41, 5.74) is 1.83. The Hall–Kier alpha value is -2.70. The minimum atomic E-state index is -4.46. The number of hydrogen-bond donors (Lipinski definition) is 2. The molecular weight excluding hydrogens is 331 g/mol. The van der Waals surface area contributed by atoms with E-state index < -0.39 is 17.8 Å². The standard InChI is InChI=1S/C18H20F3N3O/c1-5-13(18(19,20)21)9-12(3)22-17(25)23-14-7-6-8-15-16(14)11(2)10-24(15)4/h5-10H,1-4H3,(H2,22,23,25)/b12-9+,13-5+. The highest BCUT2D eigenvalue weighted by Crippen LogP contribution is 2.28. The topological polar surface area (TPSA) is 46.1 Å². The number of benzene rings is 1. The van der Waals surface area contributed by atoms with Gasteiger partial charge in [0.15, 0.2) is 0 Å². The third-order valence-corrected chi connectivity index (χ3v) is 3.77. The van der Waals surface area contributed by atoms with Gasteiger partial charge in [-0.3, -0.25) is 0 Å². The molecule has 0 aliphatic rings. The van der Waals surface area contributed by atoms with Crippen molar-refractivity contribution in [3.05, 3.63) is 53.4 Å². The van der Waals surface area contributed by atoms with Crippen LogP contribution < -0.4 is 10.6 Å². The van der Waals surface area contributed by atoms with E-state index in [2.05, 4.69) is 10.6 Å². The predicted molar refractivity (Wildman–Crippen MR) is 93.4 cm³/mol. The van der Waals surface area contributed by atoms with Crippen LogP contribution >= 0.6 is 0 Å². The zero-order valence-corrected chi connectivity index (χ0v) is 14.5. The Morgan fingerprint density at radius 2 is 1.96 bits per heavy atom. The SMILES string of the molecule is C/C=C(\C=C(/C)NC(=O)Nc1cccc2c1c(C)cn2C)C(F)(F)F. The molecular formula is C18H20F3N3O. The fraction of sp³-hybridized carbons (Fsp3) is 0.278.